The first-order chi connectivity index (χ1) is 8.56. The highest BCUT2D eigenvalue weighted by Crippen LogP contribution is 2.18. The van der Waals surface area contributed by atoms with E-state index < -0.39 is 5.97 Å². The van der Waals surface area contributed by atoms with Crippen LogP contribution in [0.5, 0.6) is 0 Å². The maximum atomic E-state index is 12.2. The van der Waals surface area contributed by atoms with Crippen molar-refractivity contribution in [1.29, 1.82) is 0 Å². The van der Waals surface area contributed by atoms with Crippen LogP contribution in [0.2, 0.25) is 0 Å². The Kier molecular flexibility index (Phi) is 5.80. The zero-order valence-corrected chi connectivity index (χ0v) is 11.3. The van der Waals surface area contributed by atoms with Crippen molar-refractivity contribution in [2.24, 2.45) is 0 Å². The van der Waals surface area contributed by atoms with E-state index in [9.17, 15) is 9.59 Å². The smallest absolute Gasteiger partial charge is 0.305 e. The van der Waals surface area contributed by atoms with Crippen LogP contribution in [0, 0.1) is 6.92 Å². The molecule has 1 rings (SSSR count). The van der Waals surface area contributed by atoms with Crippen molar-refractivity contribution in [3.05, 3.63) is 21.9 Å². The minimum absolute atomic E-state index is 0.0557. The number of methoxy groups -OCH3 is 1. The third-order valence-electron chi connectivity index (χ3n) is 2.50. The van der Waals surface area contributed by atoms with E-state index in [4.69, 9.17) is 9.84 Å². The van der Waals surface area contributed by atoms with Crippen LogP contribution in [-0.4, -0.2) is 48.7 Å². The van der Waals surface area contributed by atoms with Crippen LogP contribution < -0.4 is 0 Å². The van der Waals surface area contributed by atoms with E-state index in [1.807, 2.05) is 18.4 Å². The van der Waals surface area contributed by atoms with E-state index in [0.29, 0.717) is 18.0 Å². The van der Waals surface area contributed by atoms with Gasteiger partial charge < -0.3 is 14.7 Å². The van der Waals surface area contributed by atoms with Crippen molar-refractivity contribution < 1.29 is 19.4 Å². The normalized spacial score (nSPS) is 10.3. The summed E-state index contributed by atoms with van der Waals surface area (Å²) in [6, 6.07) is 1.88. The minimum Gasteiger partial charge on any atom is -0.481 e. The third kappa shape index (κ3) is 4.12. The second kappa shape index (κ2) is 7.13. The summed E-state index contributed by atoms with van der Waals surface area (Å²) in [5.41, 5.74) is 0.919. The van der Waals surface area contributed by atoms with Gasteiger partial charge in [0.1, 0.15) is 0 Å². The molecule has 0 aliphatic rings. The molecule has 0 aliphatic heterocycles. The molecule has 0 unspecified atom stereocenters. The molecule has 0 saturated carbocycles. The number of carbonyl (C=O) groups is 2. The van der Waals surface area contributed by atoms with Gasteiger partial charge in [0.05, 0.1) is 17.9 Å². The number of carboxylic acids is 1. The van der Waals surface area contributed by atoms with Crippen LogP contribution in [0.3, 0.4) is 0 Å². The fraction of sp³-hybridized carbons (Fsp3) is 0.500. The molecule has 100 valence electrons. The first-order valence-corrected chi connectivity index (χ1v) is 6.48. The van der Waals surface area contributed by atoms with Gasteiger partial charge in [-0.05, 0) is 23.9 Å². The monoisotopic (exact) mass is 271 g/mol. The van der Waals surface area contributed by atoms with Gasteiger partial charge in [0.15, 0.2) is 0 Å². The number of aliphatic carboxylic acids is 1. The Morgan fingerprint density at radius 3 is 2.67 bits per heavy atom. The van der Waals surface area contributed by atoms with Crippen LogP contribution in [-0.2, 0) is 9.53 Å². The van der Waals surface area contributed by atoms with Gasteiger partial charge in [-0.25, -0.2) is 0 Å². The first-order valence-electron chi connectivity index (χ1n) is 5.60. The molecule has 0 atom stereocenters. The Morgan fingerprint density at radius 2 is 2.17 bits per heavy atom. The molecule has 0 aromatic carbocycles. The average molecular weight is 271 g/mol. The van der Waals surface area contributed by atoms with Crippen LogP contribution >= 0.6 is 11.3 Å². The Morgan fingerprint density at radius 1 is 1.44 bits per heavy atom. The topological polar surface area (TPSA) is 66.8 Å². The molecule has 1 heterocycles. The molecule has 0 bridgehead atoms. The van der Waals surface area contributed by atoms with Crippen LogP contribution in [0.4, 0.5) is 0 Å². The molecule has 1 aromatic heterocycles. The van der Waals surface area contributed by atoms with Crippen molar-refractivity contribution in [1.82, 2.24) is 4.90 Å². The Balaban J connectivity index is 2.72. The van der Waals surface area contributed by atoms with Crippen molar-refractivity contribution in [3.63, 3.8) is 0 Å². The summed E-state index contributed by atoms with van der Waals surface area (Å²) in [7, 11) is 1.55. The molecule has 1 amide bonds. The summed E-state index contributed by atoms with van der Waals surface area (Å²) < 4.78 is 4.94. The number of amides is 1. The highest BCUT2D eigenvalue weighted by atomic mass is 32.1. The van der Waals surface area contributed by atoms with Gasteiger partial charge >= 0.3 is 5.97 Å². The van der Waals surface area contributed by atoms with Gasteiger partial charge in [-0.2, -0.15) is 0 Å². The maximum absolute atomic E-state index is 12.2. The number of hydrogen-bond acceptors (Lipinski definition) is 4. The second-order valence-corrected chi connectivity index (χ2v) is 4.78. The third-order valence-corrected chi connectivity index (χ3v) is 3.51. The van der Waals surface area contributed by atoms with Gasteiger partial charge in [-0.15, -0.1) is 11.3 Å². The molecule has 1 aromatic rings. The molecule has 6 heteroatoms. The molecule has 5 nitrogen and oxygen atoms in total. The number of carbonyl (C=O) groups excluding carboxylic acids is 1. The van der Waals surface area contributed by atoms with Crippen LogP contribution in [0.1, 0.15) is 21.7 Å². The highest BCUT2D eigenvalue weighted by Gasteiger charge is 2.19. The molecule has 18 heavy (non-hydrogen) atoms. The lowest BCUT2D eigenvalue weighted by Crippen LogP contribution is -2.35. The zero-order valence-electron chi connectivity index (χ0n) is 10.5. The molecule has 0 spiro atoms. The van der Waals surface area contributed by atoms with E-state index in [0.717, 1.165) is 5.56 Å². The fourth-order valence-electron chi connectivity index (χ4n) is 1.48. The van der Waals surface area contributed by atoms with E-state index >= 15 is 0 Å². The largest absolute Gasteiger partial charge is 0.481 e. The fourth-order valence-corrected chi connectivity index (χ4v) is 2.37. The van der Waals surface area contributed by atoms with E-state index in [2.05, 4.69) is 0 Å². The summed E-state index contributed by atoms with van der Waals surface area (Å²) in [4.78, 5) is 25.0. The lowest BCUT2D eigenvalue weighted by atomic mass is 10.2. The Labute approximate surface area is 110 Å². The van der Waals surface area contributed by atoms with Gasteiger partial charge in [0, 0.05) is 20.2 Å². The molecule has 0 saturated heterocycles. The van der Waals surface area contributed by atoms with Crippen LogP contribution in [0.25, 0.3) is 0 Å². The highest BCUT2D eigenvalue weighted by molar-refractivity contribution is 7.12. The molecule has 0 aliphatic carbocycles. The number of nitrogens with zero attached hydrogens (tertiary/aromatic N) is 1. The van der Waals surface area contributed by atoms with Gasteiger partial charge in [0.2, 0.25) is 0 Å². The summed E-state index contributed by atoms with van der Waals surface area (Å²) in [5, 5.41) is 10.5. The van der Waals surface area contributed by atoms with Crippen molar-refractivity contribution in [3.8, 4) is 0 Å². The predicted octanol–water partition coefficient (Wildman–Crippen LogP) is 1.62. The summed E-state index contributed by atoms with van der Waals surface area (Å²) in [5.74, 6) is -1.03. The van der Waals surface area contributed by atoms with E-state index in [1.165, 1.54) is 16.2 Å². The quantitative estimate of drug-likeness (QED) is 0.818. The average Bonchev–Trinajstić information content (AvgIpc) is 2.74. The van der Waals surface area contributed by atoms with Gasteiger partial charge in [-0.3, -0.25) is 9.59 Å². The molecule has 0 radical (unpaired) electrons. The SMILES string of the molecule is COCCN(CCC(=O)O)C(=O)c1sccc1C. The summed E-state index contributed by atoms with van der Waals surface area (Å²) in [6.07, 6.45) is -0.0557. The maximum Gasteiger partial charge on any atom is 0.305 e. The molecular formula is C12H17NO4S. The van der Waals surface area contributed by atoms with Crippen molar-refractivity contribution in [2.45, 2.75) is 13.3 Å². The summed E-state index contributed by atoms with van der Waals surface area (Å²) in [6.45, 7) is 2.88. The zero-order chi connectivity index (χ0) is 13.5. The lowest BCUT2D eigenvalue weighted by molar-refractivity contribution is -0.137. The number of rotatable bonds is 7. The van der Waals surface area contributed by atoms with Crippen molar-refractivity contribution in [2.75, 3.05) is 26.8 Å². The minimum atomic E-state index is -0.909. The number of carboxylic acid groups (broad SMARTS) is 1. The molecular weight excluding hydrogens is 254 g/mol. The number of thiophene rings is 1. The van der Waals surface area contributed by atoms with E-state index in [1.54, 1.807) is 7.11 Å². The lowest BCUT2D eigenvalue weighted by Gasteiger charge is -2.21. The van der Waals surface area contributed by atoms with Gasteiger partial charge in [-0.1, -0.05) is 0 Å². The number of aryl methyl sites for hydroxylation is 1. The predicted molar refractivity (Wildman–Crippen MR) is 69.1 cm³/mol. The van der Waals surface area contributed by atoms with Crippen molar-refractivity contribution >= 4 is 23.2 Å². The first kappa shape index (κ1) is 14.7. The van der Waals surface area contributed by atoms with Gasteiger partial charge in [0.25, 0.3) is 5.91 Å². The number of hydrogen-bond donors (Lipinski definition) is 1. The van der Waals surface area contributed by atoms with E-state index in [-0.39, 0.29) is 18.9 Å². The number of ether oxygens (including phenoxy) is 1. The Bertz CT molecular complexity index is 416. The molecule has 0 fully saturated rings. The van der Waals surface area contributed by atoms with Crippen LogP contribution in [0.15, 0.2) is 11.4 Å². The molecule has 1 N–H and O–H groups in total. The standard InChI is InChI=1S/C12H17NO4S/c1-9-4-8-18-11(9)12(16)13(6-7-17-2)5-3-10(14)15/h4,8H,3,5-7H2,1-2H3,(H,14,15). The Hall–Kier alpha value is -1.40. The second-order valence-electron chi connectivity index (χ2n) is 3.86. The summed E-state index contributed by atoms with van der Waals surface area (Å²) >= 11 is 1.37.